The molecule has 10 nitrogen and oxygen atoms in total. The molecule has 45 heavy (non-hydrogen) atoms. The van der Waals surface area contributed by atoms with Crippen LogP contribution in [-0.4, -0.2) is 33.8 Å². The topological polar surface area (TPSA) is 137 Å². The smallest absolute Gasteiger partial charge is 0.270 e. The minimum Gasteiger partial charge on any atom is -0.309 e. The van der Waals surface area contributed by atoms with Crippen LogP contribution in [0.4, 0.5) is 11.5 Å². The lowest BCUT2D eigenvalue weighted by atomic mass is 10.1. The van der Waals surface area contributed by atoms with E-state index in [4.69, 9.17) is 9.97 Å². The Morgan fingerprint density at radius 2 is 1.60 bits per heavy atom. The van der Waals surface area contributed by atoms with Crippen molar-refractivity contribution in [3.63, 3.8) is 0 Å². The van der Waals surface area contributed by atoms with Gasteiger partial charge >= 0.3 is 0 Å². The van der Waals surface area contributed by atoms with Gasteiger partial charge < -0.3 is 9.88 Å². The van der Waals surface area contributed by atoms with E-state index < -0.39 is 20.7 Å². The largest absolute Gasteiger partial charge is 0.309 e. The zero-order valence-corrected chi connectivity index (χ0v) is 24.9. The summed E-state index contributed by atoms with van der Waals surface area (Å²) in [5.41, 5.74) is 3.76. The molecule has 0 spiro atoms. The van der Waals surface area contributed by atoms with Gasteiger partial charge in [0.1, 0.15) is 16.2 Å². The fraction of sp³-hybridized carbons (Fsp3) is 0.0882. The van der Waals surface area contributed by atoms with E-state index in [1.807, 2.05) is 43.3 Å². The molecular formula is C34H27N5O5S. The lowest BCUT2D eigenvalue weighted by Gasteiger charge is -2.13. The number of nitro benzene ring substituents is 1. The van der Waals surface area contributed by atoms with Gasteiger partial charge in [-0.15, -0.1) is 0 Å². The third-order valence-corrected chi connectivity index (χ3v) is 9.14. The highest BCUT2D eigenvalue weighted by Gasteiger charge is 2.32. The summed E-state index contributed by atoms with van der Waals surface area (Å²) in [7, 11) is -4.21. The zero-order valence-electron chi connectivity index (χ0n) is 24.1. The highest BCUT2D eigenvalue weighted by Crippen LogP contribution is 2.37. The predicted molar refractivity (Wildman–Crippen MR) is 173 cm³/mol. The van der Waals surface area contributed by atoms with Gasteiger partial charge in [-0.05, 0) is 54.8 Å². The first kappa shape index (κ1) is 29.4. The summed E-state index contributed by atoms with van der Waals surface area (Å²) >= 11 is 0. The fourth-order valence-electron chi connectivity index (χ4n) is 5.06. The number of hydrogen-bond donors (Lipinski definition) is 1. The van der Waals surface area contributed by atoms with Gasteiger partial charge in [-0.1, -0.05) is 72.3 Å². The molecule has 0 bridgehead atoms. The number of non-ortho nitro benzene ring substituents is 1. The van der Waals surface area contributed by atoms with Crippen LogP contribution in [0, 0.1) is 17.0 Å². The first-order valence-electron chi connectivity index (χ1n) is 14.1. The molecular weight excluding hydrogens is 590 g/mol. The minimum atomic E-state index is -4.21. The Morgan fingerprint density at radius 1 is 0.911 bits per heavy atom. The third-order valence-electron chi connectivity index (χ3n) is 7.32. The van der Waals surface area contributed by atoms with Crippen LogP contribution in [0.25, 0.3) is 28.3 Å². The van der Waals surface area contributed by atoms with Gasteiger partial charge in [0.2, 0.25) is 15.7 Å². The van der Waals surface area contributed by atoms with Crippen LogP contribution < -0.4 is 5.32 Å². The number of anilines is 1. The number of benzene rings is 4. The molecule has 2 aromatic heterocycles. The van der Waals surface area contributed by atoms with E-state index in [0.717, 1.165) is 11.1 Å². The SMILES string of the molecule is Cc1ccc(S(=O)(=O)c2c(NC(=O)/C=C/c3cccc([N+](=O)[O-])c3)n(CCc3ccccc3)c3nc4ccccc4nc23)cc1. The first-order valence-corrected chi connectivity index (χ1v) is 15.6. The number of hydrogen-bond acceptors (Lipinski definition) is 7. The van der Waals surface area contributed by atoms with Crippen molar-refractivity contribution in [2.45, 2.75) is 29.7 Å². The molecule has 6 aromatic rings. The number of nitrogens with one attached hydrogen (secondary N) is 1. The summed E-state index contributed by atoms with van der Waals surface area (Å²) in [4.78, 5) is 33.6. The van der Waals surface area contributed by atoms with Gasteiger partial charge in [-0.25, -0.2) is 18.4 Å². The van der Waals surface area contributed by atoms with Crippen molar-refractivity contribution in [2.75, 3.05) is 5.32 Å². The van der Waals surface area contributed by atoms with E-state index in [1.165, 1.54) is 42.5 Å². The van der Waals surface area contributed by atoms with E-state index in [9.17, 15) is 23.3 Å². The molecule has 2 heterocycles. The van der Waals surface area contributed by atoms with Crippen LogP contribution in [0.15, 0.2) is 119 Å². The molecule has 0 aliphatic heterocycles. The molecule has 0 unspecified atom stereocenters. The maximum atomic E-state index is 14.4. The number of nitrogens with zero attached hydrogens (tertiary/aromatic N) is 4. The summed E-state index contributed by atoms with van der Waals surface area (Å²) in [5, 5.41) is 14.0. The number of carbonyl (C=O) groups excluding carboxylic acids is 1. The second-order valence-corrected chi connectivity index (χ2v) is 12.3. The summed E-state index contributed by atoms with van der Waals surface area (Å²) in [6.07, 6.45) is 3.16. The average molecular weight is 618 g/mol. The summed E-state index contributed by atoms with van der Waals surface area (Å²) in [5.74, 6) is -0.597. The monoisotopic (exact) mass is 617 g/mol. The van der Waals surface area contributed by atoms with E-state index in [1.54, 1.807) is 41.0 Å². The number of para-hydroxylation sites is 2. The lowest BCUT2D eigenvalue weighted by Crippen LogP contribution is -2.16. The van der Waals surface area contributed by atoms with Crippen LogP contribution in [0.5, 0.6) is 0 Å². The Bertz CT molecular complexity index is 2210. The Hall–Kier alpha value is -5.68. The van der Waals surface area contributed by atoms with E-state index in [0.29, 0.717) is 35.2 Å². The zero-order chi connectivity index (χ0) is 31.6. The summed E-state index contributed by atoms with van der Waals surface area (Å²) < 4.78 is 30.4. The van der Waals surface area contributed by atoms with Crippen molar-refractivity contribution in [1.82, 2.24) is 14.5 Å². The number of aromatic nitrogens is 3. The molecule has 0 saturated heterocycles. The summed E-state index contributed by atoms with van der Waals surface area (Å²) in [6.45, 7) is 2.16. The van der Waals surface area contributed by atoms with Gasteiger partial charge in [0.25, 0.3) is 5.69 Å². The third kappa shape index (κ3) is 6.06. The standard InChI is InChI=1S/C34H27N5O5S/c1-23-14-17-27(18-15-23)45(43,44)32-31-33(36-29-13-6-5-12-28(29)35-31)38(21-20-24-8-3-2-4-9-24)34(32)37-30(40)19-16-25-10-7-11-26(22-25)39(41)42/h2-19,22H,20-21H2,1H3,(H,37,40)/b19-16+. The molecule has 0 atom stereocenters. The van der Waals surface area contributed by atoms with Crippen molar-refractivity contribution in [1.29, 1.82) is 0 Å². The molecule has 11 heteroatoms. The van der Waals surface area contributed by atoms with Gasteiger partial charge in [0.05, 0.1) is 20.9 Å². The van der Waals surface area contributed by atoms with Gasteiger partial charge in [0, 0.05) is 24.8 Å². The van der Waals surface area contributed by atoms with Gasteiger partial charge in [-0.2, -0.15) is 0 Å². The average Bonchev–Trinajstić information content (AvgIpc) is 3.34. The summed E-state index contributed by atoms with van der Waals surface area (Å²) in [6, 6.07) is 29.2. The van der Waals surface area contributed by atoms with Crippen LogP contribution in [-0.2, 0) is 27.6 Å². The molecule has 1 amide bonds. The van der Waals surface area contributed by atoms with Gasteiger partial charge in [-0.3, -0.25) is 14.9 Å². The van der Waals surface area contributed by atoms with Crippen LogP contribution in [0.3, 0.4) is 0 Å². The maximum absolute atomic E-state index is 14.4. The predicted octanol–water partition coefficient (Wildman–Crippen LogP) is 6.53. The van der Waals surface area contributed by atoms with Crippen LogP contribution in [0.2, 0.25) is 0 Å². The number of aryl methyl sites for hydroxylation is 3. The van der Waals surface area contributed by atoms with Gasteiger partial charge in [0.15, 0.2) is 5.65 Å². The number of rotatable bonds is 9. The van der Waals surface area contributed by atoms with E-state index in [-0.39, 0.29) is 26.8 Å². The Kier molecular flexibility index (Phi) is 7.93. The Labute approximate surface area is 258 Å². The Morgan fingerprint density at radius 3 is 2.31 bits per heavy atom. The molecule has 224 valence electrons. The van der Waals surface area contributed by atoms with E-state index in [2.05, 4.69) is 5.32 Å². The number of carbonyl (C=O) groups is 1. The molecule has 1 N–H and O–H groups in total. The normalized spacial score (nSPS) is 11.8. The Balaban J connectivity index is 1.53. The lowest BCUT2D eigenvalue weighted by molar-refractivity contribution is -0.384. The van der Waals surface area contributed by atoms with Crippen molar-refractivity contribution in [3.8, 4) is 0 Å². The molecule has 0 fully saturated rings. The van der Waals surface area contributed by atoms with Crippen molar-refractivity contribution in [2.24, 2.45) is 0 Å². The van der Waals surface area contributed by atoms with Crippen molar-refractivity contribution in [3.05, 3.63) is 136 Å². The second-order valence-electron chi connectivity index (χ2n) is 10.4. The highest BCUT2D eigenvalue weighted by atomic mass is 32.2. The van der Waals surface area contributed by atoms with Crippen LogP contribution >= 0.6 is 0 Å². The maximum Gasteiger partial charge on any atom is 0.270 e. The number of fused-ring (bicyclic) bond motifs is 2. The molecule has 0 saturated carbocycles. The minimum absolute atomic E-state index is 0.0329. The van der Waals surface area contributed by atoms with Crippen LogP contribution in [0.1, 0.15) is 16.7 Å². The number of amides is 1. The molecule has 4 aromatic carbocycles. The second kappa shape index (κ2) is 12.1. The molecule has 6 rings (SSSR count). The van der Waals surface area contributed by atoms with E-state index >= 15 is 0 Å². The number of nitro groups is 1. The first-order chi connectivity index (χ1) is 21.7. The molecule has 0 aliphatic carbocycles. The molecule has 0 aliphatic rings. The van der Waals surface area contributed by atoms with Crippen molar-refractivity contribution < 1.29 is 18.1 Å². The fourth-order valence-corrected chi connectivity index (χ4v) is 6.60. The molecule has 0 radical (unpaired) electrons. The quantitative estimate of drug-likeness (QED) is 0.111. The van der Waals surface area contributed by atoms with Crippen molar-refractivity contribution >= 4 is 55.5 Å². The highest BCUT2D eigenvalue weighted by molar-refractivity contribution is 7.92. The number of sulfone groups is 1.